The van der Waals surface area contributed by atoms with Crippen LogP contribution in [0.25, 0.3) is 0 Å². The number of fused-ring (bicyclic) bond motifs is 1. The molecule has 2 aromatic rings. The molecule has 1 spiro atoms. The monoisotopic (exact) mass is 683 g/mol. The van der Waals surface area contributed by atoms with Gasteiger partial charge in [0.2, 0.25) is 11.8 Å². The van der Waals surface area contributed by atoms with Crippen LogP contribution in [-0.4, -0.2) is 76.0 Å². The fourth-order valence-electron chi connectivity index (χ4n) is 7.29. The lowest BCUT2D eigenvalue weighted by Crippen LogP contribution is -2.60. The van der Waals surface area contributed by atoms with Crippen LogP contribution in [0.15, 0.2) is 79.9 Å². The van der Waals surface area contributed by atoms with Gasteiger partial charge in [-0.15, -0.1) is 13.2 Å². The molecule has 5 rings (SSSR count). The molecule has 2 aromatic carbocycles. The molecule has 3 aliphatic rings. The van der Waals surface area contributed by atoms with Crippen LogP contribution in [0.1, 0.15) is 26.7 Å². The van der Waals surface area contributed by atoms with Gasteiger partial charge in [0.1, 0.15) is 11.6 Å². The van der Waals surface area contributed by atoms with Crippen molar-refractivity contribution in [1.82, 2.24) is 4.90 Å². The van der Waals surface area contributed by atoms with Gasteiger partial charge in [0.15, 0.2) is 0 Å². The highest BCUT2D eigenvalue weighted by Crippen LogP contribution is 2.61. The normalized spacial score (nSPS) is 28.3. The van der Waals surface area contributed by atoms with Crippen LogP contribution >= 0.6 is 27.5 Å². The Morgan fingerprint density at radius 2 is 1.75 bits per heavy atom. The fraction of sp³-hybridized carbons (Fsp3) is 0.441. The zero-order valence-electron chi connectivity index (χ0n) is 25.0. The first-order valence-electron chi connectivity index (χ1n) is 15.1. The van der Waals surface area contributed by atoms with Crippen LogP contribution in [0.5, 0.6) is 0 Å². The molecule has 3 amide bonds. The van der Waals surface area contributed by atoms with Crippen molar-refractivity contribution in [3.63, 3.8) is 0 Å². The summed E-state index contributed by atoms with van der Waals surface area (Å²) >= 11 is 10.3. The molecule has 0 aromatic heterocycles. The highest BCUT2D eigenvalue weighted by Gasteiger charge is 2.77. The largest absolute Gasteiger partial charge is 0.394 e. The number of hydrogen-bond donors (Lipinski definition) is 1. The van der Waals surface area contributed by atoms with E-state index in [1.54, 1.807) is 41.3 Å². The molecule has 10 heteroatoms. The van der Waals surface area contributed by atoms with Crippen molar-refractivity contribution in [2.24, 2.45) is 17.8 Å². The second-order valence-electron chi connectivity index (χ2n) is 11.8. The molecule has 3 heterocycles. The van der Waals surface area contributed by atoms with Crippen molar-refractivity contribution in [2.45, 2.75) is 55.3 Å². The molecule has 0 radical (unpaired) electrons. The first kappa shape index (κ1) is 32.4. The third-order valence-electron chi connectivity index (χ3n) is 9.46. The number of para-hydroxylation sites is 2. The van der Waals surface area contributed by atoms with Gasteiger partial charge in [-0.25, -0.2) is 0 Å². The number of carbonyl (C=O) groups excluding carboxylic acids is 3. The van der Waals surface area contributed by atoms with Gasteiger partial charge in [-0.05, 0) is 36.6 Å². The van der Waals surface area contributed by atoms with Crippen LogP contribution in [0.3, 0.4) is 0 Å². The summed E-state index contributed by atoms with van der Waals surface area (Å²) in [6.45, 7) is 11.7. The van der Waals surface area contributed by atoms with E-state index in [-0.39, 0.29) is 42.3 Å². The average Bonchev–Trinajstić information content (AvgIpc) is 3.62. The summed E-state index contributed by atoms with van der Waals surface area (Å²) in [4.78, 5) is 48.5. The molecule has 0 aliphatic carbocycles. The predicted octanol–water partition coefficient (Wildman–Crippen LogP) is 5.23. The van der Waals surface area contributed by atoms with Gasteiger partial charge in [-0.2, -0.15) is 0 Å². The first-order chi connectivity index (χ1) is 21.2. The van der Waals surface area contributed by atoms with Crippen molar-refractivity contribution in [2.75, 3.05) is 29.5 Å². The van der Waals surface area contributed by atoms with Crippen molar-refractivity contribution < 1.29 is 24.2 Å². The Hall–Kier alpha value is -2.98. The number of nitrogens with zero attached hydrogens (tertiary/aromatic N) is 3. The Kier molecular flexibility index (Phi) is 9.70. The Labute approximate surface area is 272 Å². The van der Waals surface area contributed by atoms with E-state index in [1.807, 2.05) is 44.2 Å². The van der Waals surface area contributed by atoms with Crippen molar-refractivity contribution in [3.05, 3.63) is 84.9 Å². The zero-order chi connectivity index (χ0) is 31.8. The van der Waals surface area contributed by atoms with E-state index in [1.165, 1.54) is 9.80 Å². The third-order valence-corrected chi connectivity index (χ3v) is 10.6. The molecule has 2 bridgehead atoms. The van der Waals surface area contributed by atoms with E-state index in [4.69, 9.17) is 16.3 Å². The Bertz CT molecular complexity index is 1420. The van der Waals surface area contributed by atoms with E-state index >= 15 is 0 Å². The third kappa shape index (κ3) is 5.21. The minimum atomic E-state index is -1.30. The lowest BCUT2D eigenvalue weighted by atomic mass is 9.70. The Morgan fingerprint density at radius 3 is 2.36 bits per heavy atom. The van der Waals surface area contributed by atoms with Crippen LogP contribution in [-0.2, 0) is 19.1 Å². The summed E-state index contributed by atoms with van der Waals surface area (Å²) < 4.78 is 6.76. The number of benzene rings is 2. The molecule has 3 fully saturated rings. The second-order valence-corrected chi connectivity index (χ2v) is 13.4. The van der Waals surface area contributed by atoms with E-state index in [0.29, 0.717) is 29.2 Å². The van der Waals surface area contributed by atoms with E-state index < -0.39 is 41.5 Å². The van der Waals surface area contributed by atoms with Gasteiger partial charge >= 0.3 is 0 Å². The number of rotatable bonds is 12. The van der Waals surface area contributed by atoms with Crippen LogP contribution in [0, 0.1) is 17.8 Å². The van der Waals surface area contributed by atoms with Crippen molar-refractivity contribution in [1.29, 1.82) is 0 Å². The maximum Gasteiger partial charge on any atom is 0.253 e. The van der Waals surface area contributed by atoms with Gasteiger partial charge in [0, 0.05) is 23.6 Å². The number of alkyl halides is 1. The summed E-state index contributed by atoms with van der Waals surface area (Å²) in [6.07, 6.45) is 3.64. The highest BCUT2D eigenvalue weighted by molar-refractivity contribution is 9.09. The molecule has 44 heavy (non-hydrogen) atoms. The summed E-state index contributed by atoms with van der Waals surface area (Å²) in [5.74, 6) is -2.92. The number of aliphatic hydroxyl groups is 1. The molecular weight excluding hydrogens is 646 g/mol. The number of hydrogen-bond acceptors (Lipinski definition) is 5. The number of amides is 3. The predicted molar refractivity (Wildman–Crippen MR) is 176 cm³/mol. The number of halogens is 2. The minimum absolute atomic E-state index is 0.129. The summed E-state index contributed by atoms with van der Waals surface area (Å²) in [7, 11) is 0. The van der Waals surface area contributed by atoms with Gasteiger partial charge < -0.3 is 24.5 Å². The molecular formula is C34H39BrClN3O5. The Balaban J connectivity index is 1.65. The van der Waals surface area contributed by atoms with Gasteiger partial charge in [-0.1, -0.05) is 90.3 Å². The minimum Gasteiger partial charge on any atom is -0.394 e. The van der Waals surface area contributed by atoms with Crippen molar-refractivity contribution in [3.8, 4) is 0 Å². The lowest BCUT2D eigenvalue weighted by molar-refractivity contribution is -0.145. The molecule has 0 saturated carbocycles. The molecule has 3 unspecified atom stereocenters. The molecule has 1 N–H and O–H groups in total. The summed E-state index contributed by atoms with van der Waals surface area (Å²) in [5.41, 5.74) is -0.142. The Morgan fingerprint density at radius 1 is 1.11 bits per heavy atom. The van der Waals surface area contributed by atoms with E-state index in [2.05, 4.69) is 29.1 Å². The van der Waals surface area contributed by atoms with Gasteiger partial charge in [-0.3, -0.25) is 14.4 Å². The van der Waals surface area contributed by atoms with Gasteiger partial charge in [0.05, 0.1) is 41.3 Å². The second kappa shape index (κ2) is 13.2. The number of likely N-dealkylation sites (tertiary alicyclic amines) is 1. The first-order valence-corrected chi connectivity index (χ1v) is 16.3. The number of ether oxygens (including phenoxy) is 1. The summed E-state index contributed by atoms with van der Waals surface area (Å²) in [6, 6.07) is 14.5. The number of carbonyl (C=O) groups is 3. The van der Waals surface area contributed by atoms with E-state index in [9.17, 15) is 19.5 Å². The maximum absolute atomic E-state index is 14.9. The van der Waals surface area contributed by atoms with Crippen LogP contribution < -0.4 is 9.80 Å². The molecule has 234 valence electrons. The average molecular weight is 685 g/mol. The summed E-state index contributed by atoms with van der Waals surface area (Å²) in [5, 5.41) is 11.1. The van der Waals surface area contributed by atoms with E-state index in [0.717, 1.165) is 0 Å². The molecule has 3 saturated heterocycles. The molecule has 3 aliphatic heterocycles. The fourth-order valence-corrected chi connectivity index (χ4v) is 8.48. The van der Waals surface area contributed by atoms with Crippen molar-refractivity contribution >= 4 is 56.6 Å². The topological polar surface area (TPSA) is 90.4 Å². The van der Waals surface area contributed by atoms with Crippen LogP contribution in [0.4, 0.5) is 11.4 Å². The highest BCUT2D eigenvalue weighted by atomic mass is 79.9. The number of anilines is 2. The SMILES string of the molecule is C=CCN(C(=O)[C@H]1[C@H]2C(=O)N([C@@H](CO)[C@@H](C)CC)C(C(=O)N(CC=C)c3ccccc3Cl)C23CC(Br)[C@@H]1O3)c1ccccc1. The standard InChI is InChI=1S/C34H39BrClN3O5/c1-5-17-37(22-13-9-8-10-14-22)31(41)27-28-32(42)39(26(20-40)21(4)7-3)30(34(28)19-23(35)29(27)44-34)33(43)38(18-6-2)25-16-12-11-15-24(25)36/h5-6,8-16,21,23,26-30,40H,1-2,7,17-20H2,3-4H3/t21-,23?,26-,27-,28-,29-,30?,34?/m0/s1. The molecule has 8 nitrogen and oxygen atoms in total. The molecule has 8 atom stereocenters. The zero-order valence-corrected chi connectivity index (χ0v) is 27.4. The lowest BCUT2D eigenvalue weighted by Gasteiger charge is -2.41. The van der Waals surface area contributed by atoms with Gasteiger partial charge in [0.25, 0.3) is 5.91 Å². The quantitative estimate of drug-likeness (QED) is 0.244. The number of aliphatic hydroxyl groups excluding tert-OH is 1. The smallest absolute Gasteiger partial charge is 0.253 e. The maximum atomic E-state index is 14.9. The van der Waals surface area contributed by atoms with Crippen LogP contribution in [0.2, 0.25) is 5.02 Å².